The Labute approximate surface area is 232 Å². The van der Waals surface area contributed by atoms with Crippen LogP contribution in [0.5, 0.6) is 0 Å². The number of pyridine rings is 1. The van der Waals surface area contributed by atoms with Crippen LogP contribution in [0.3, 0.4) is 0 Å². The third-order valence-corrected chi connectivity index (χ3v) is 6.07. The van der Waals surface area contributed by atoms with E-state index in [2.05, 4.69) is 31.2 Å². The Bertz CT molecular complexity index is 1270. The molecule has 10 nitrogen and oxygen atoms in total. The molecule has 3 heterocycles. The maximum absolute atomic E-state index is 11.9. The summed E-state index contributed by atoms with van der Waals surface area (Å²) in [7, 11) is 0. The van der Waals surface area contributed by atoms with E-state index >= 15 is 0 Å². The molecule has 2 aromatic rings. The van der Waals surface area contributed by atoms with Crippen molar-refractivity contribution >= 4 is 23.7 Å². The van der Waals surface area contributed by atoms with Crippen molar-refractivity contribution in [1.82, 2.24) is 25.1 Å². The van der Waals surface area contributed by atoms with Crippen LogP contribution >= 0.6 is 0 Å². The number of aryl methyl sites for hydroxylation is 1. The molecule has 1 aliphatic heterocycles. The summed E-state index contributed by atoms with van der Waals surface area (Å²) in [4.78, 5) is 34.2. The predicted octanol–water partition coefficient (Wildman–Crippen LogP) is 3.66. The number of nitrogens with zero attached hydrogens (tertiary/aromatic N) is 5. The van der Waals surface area contributed by atoms with Crippen LogP contribution in [0.15, 0.2) is 18.5 Å². The number of alkyl halides is 3. The van der Waals surface area contributed by atoms with Crippen LogP contribution in [0.1, 0.15) is 64.3 Å². The summed E-state index contributed by atoms with van der Waals surface area (Å²) in [5, 5.41) is 26.0. The monoisotopic (exact) mass is 563 g/mol. The average Bonchev–Trinajstić information content (AvgIpc) is 3.40. The van der Waals surface area contributed by atoms with Gasteiger partial charge in [-0.2, -0.15) is 28.8 Å². The van der Waals surface area contributed by atoms with Crippen molar-refractivity contribution in [3.8, 4) is 12.1 Å². The topological polar surface area (TPSA) is 143 Å². The Morgan fingerprint density at radius 1 is 1.27 bits per heavy atom. The third-order valence-electron chi connectivity index (χ3n) is 6.07. The lowest BCUT2D eigenvalue weighted by Gasteiger charge is -2.22. The van der Waals surface area contributed by atoms with Crippen molar-refractivity contribution < 1.29 is 27.6 Å². The van der Waals surface area contributed by atoms with Gasteiger partial charge in [0.25, 0.3) is 0 Å². The number of halogens is 3. The highest BCUT2D eigenvalue weighted by Gasteiger charge is 2.41. The molecule has 0 aromatic carbocycles. The van der Waals surface area contributed by atoms with Crippen LogP contribution in [0.25, 0.3) is 5.52 Å². The van der Waals surface area contributed by atoms with Gasteiger partial charge in [-0.25, -0.2) is 4.52 Å². The number of rotatable bonds is 5. The van der Waals surface area contributed by atoms with E-state index in [1.807, 2.05) is 39.8 Å². The minimum atomic E-state index is -4.95. The van der Waals surface area contributed by atoms with E-state index in [0.717, 1.165) is 17.0 Å². The van der Waals surface area contributed by atoms with Crippen LogP contribution in [-0.2, 0) is 14.4 Å². The molecule has 3 rings (SSSR count). The molecular formula is C27H36F3N7O3. The smallest absolute Gasteiger partial charge is 0.340 e. The highest BCUT2D eigenvalue weighted by molar-refractivity contribution is 5.87. The quantitative estimate of drug-likeness (QED) is 0.532. The van der Waals surface area contributed by atoms with Gasteiger partial charge in [0.15, 0.2) is 0 Å². The minimum Gasteiger partial charge on any atom is -0.340 e. The van der Waals surface area contributed by atoms with E-state index in [-0.39, 0.29) is 11.3 Å². The zero-order valence-corrected chi connectivity index (χ0v) is 23.8. The van der Waals surface area contributed by atoms with Crippen molar-refractivity contribution in [2.75, 3.05) is 19.6 Å². The number of carbonyl (C=O) groups is 3. The van der Waals surface area contributed by atoms with E-state index in [0.29, 0.717) is 30.6 Å². The van der Waals surface area contributed by atoms with Gasteiger partial charge < -0.3 is 15.5 Å². The number of nitrogens with one attached hydrogen (secondary N) is 2. The Morgan fingerprint density at radius 2 is 1.88 bits per heavy atom. The van der Waals surface area contributed by atoms with Crippen LogP contribution in [0.4, 0.5) is 13.2 Å². The zero-order chi connectivity index (χ0) is 30.8. The SMILES string of the molecule is CC(C)C.C[C@H]1CN(C(=O)CNC(=O)C(F)(F)F)CC1(C)C.Cc1cc(C#N)cn2ncc(C(C#N)NC=O)c12. The number of amides is 3. The van der Waals surface area contributed by atoms with E-state index < -0.39 is 30.6 Å². The lowest BCUT2D eigenvalue weighted by Crippen LogP contribution is -2.44. The van der Waals surface area contributed by atoms with Crippen molar-refractivity contribution in [2.45, 2.75) is 60.7 Å². The molecule has 218 valence electrons. The van der Waals surface area contributed by atoms with Gasteiger partial charge in [0.05, 0.1) is 29.9 Å². The molecule has 0 bridgehead atoms. The second kappa shape index (κ2) is 14.3. The fourth-order valence-corrected chi connectivity index (χ4v) is 3.74. The molecular weight excluding hydrogens is 527 g/mol. The lowest BCUT2D eigenvalue weighted by atomic mass is 9.84. The Hall–Kier alpha value is -4.13. The van der Waals surface area contributed by atoms with E-state index in [4.69, 9.17) is 10.5 Å². The van der Waals surface area contributed by atoms with Crippen LogP contribution < -0.4 is 10.6 Å². The number of carbonyl (C=O) groups excluding carboxylic acids is 3. The second-order valence-electron chi connectivity index (χ2n) is 10.8. The third kappa shape index (κ3) is 9.56. The van der Waals surface area contributed by atoms with Gasteiger partial charge in [-0.05, 0) is 35.8 Å². The van der Waals surface area contributed by atoms with Gasteiger partial charge in [-0.1, -0.05) is 41.5 Å². The number of hydrogen-bond acceptors (Lipinski definition) is 6. The summed E-state index contributed by atoms with van der Waals surface area (Å²) in [5.41, 5.74) is 2.62. The van der Waals surface area contributed by atoms with Gasteiger partial charge in [-0.3, -0.25) is 14.4 Å². The maximum Gasteiger partial charge on any atom is 0.471 e. The molecule has 1 saturated heterocycles. The molecule has 0 aliphatic carbocycles. The van der Waals surface area contributed by atoms with Crippen molar-refractivity contribution in [2.24, 2.45) is 17.3 Å². The first kappa shape index (κ1) is 33.9. The molecule has 3 amide bonds. The second-order valence-corrected chi connectivity index (χ2v) is 10.8. The number of fused-ring (bicyclic) bond motifs is 1. The molecule has 2 atom stereocenters. The van der Waals surface area contributed by atoms with Gasteiger partial charge >= 0.3 is 12.1 Å². The summed E-state index contributed by atoms with van der Waals surface area (Å²) in [6, 6.07) is 5.01. The largest absolute Gasteiger partial charge is 0.471 e. The van der Waals surface area contributed by atoms with Crippen LogP contribution in [0, 0.1) is 46.8 Å². The van der Waals surface area contributed by atoms with Crippen LogP contribution in [0.2, 0.25) is 0 Å². The molecule has 1 fully saturated rings. The number of hydrogen-bond donors (Lipinski definition) is 2. The summed E-state index contributed by atoms with van der Waals surface area (Å²) >= 11 is 0. The number of nitriles is 2. The highest BCUT2D eigenvalue weighted by atomic mass is 19.4. The predicted molar refractivity (Wildman–Crippen MR) is 141 cm³/mol. The summed E-state index contributed by atoms with van der Waals surface area (Å²) in [6.45, 7) is 14.7. The molecule has 40 heavy (non-hydrogen) atoms. The van der Waals surface area contributed by atoms with Gasteiger partial charge in [0.2, 0.25) is 12.3 Å². The van der Waals surface area contributed by atoms with Gasteiger partial charge in [-0.15, -0.1) is 0 Å². The maximum atomic E-state index is 11.9. The molecule has 13 heteroatoms. The Kier molecular flexibility index (Phi) is 12.1. The summed E-state index contributed by atoms with van der Waals surface area (Å²) in [6.07, 6.45) is -1.36. The summed E-state index contributed by atoms with van der Waals surface area (Å²) < 4.78 is 37.3. The molecule has 0 spiro atoms. The lowest BCUT2D eigenvalue weighted by molar-refractivity contribution is -0.174. The Balaban J connectivity index is 0.000000353. The average molecular weight is 564 g/mol. The first-order valence-electron chi connectivity index (χ1n) is 12.6. The van der Waals surface area contributed by atoms with E-state index in [1.54, 1.807) is 22.1 Å². The molecule has 2 aromatic heterocycles. The molecule has 1 aliphatic rings. The first-order chi connectivity index (χ1) is 18.5. The molecule has 0 saturated carbocycles. The van der Waals surface area contributed by atoms with Crippen molar-refractivity contribution in [1.29, 1.82) is 10.5 Å². The standard InChI is InChI=1S/C12H9N5O.C11H17F3N2O2.C4H10/c1-8-2-9(3-13)6-17-12(8)10(5-16-17)11(4-14)15-7-18;1-7-5-16(6-10(7,2)3)8(17)4-15-9(18)11(12,13)14;1-4(2)3/h2,5-7,11H,1H3,(H,15,18);7H,4-6H2,1-3H3,(H,15,18);4H,1-3H3/t;7-;/m.0./s1. The summed E-state index contributed by atoms with van der Waals surface area (Å²) in [5.74, 6) is -1.45. The number of likely N-dealkylation sites (tertiary alicyclic amines) is 1. The fourth-order valence-electron chi connectivity index (χ4n) is 3.74. The van der Waals surface area contributed by atoms with E-state index in [1.165, 1.54) is 11.1 Å². The molecule has 1 unspecified atom stereocenters. The Morgan fingerprint density at radius 3 is 2.33 bits per heavy atom. The van der Waals surface area contributed by atoms with E-state index in [9.17, 15) is 27.6 Å². The zero-order valence-electron chi connectivity index (χ0n) is 23.8. The minimum absolute atomic E-state index is 0.0519. The normalized spacial score (nSPS) is 16.4. The van der Waals surface area contributed by atoms with Crippen molar-refractivity contribution in [3.63, 3.8) is 0 Å². The fraction of sp³-hybridized carbons (Fsp3) is 0.556. The molecule has 2 N–H and O–H groups in total. The van der Waals surface area contributed by atoms with Crippen molar-refractivity contribution in [3.05, 3.63) is 35.2 Å². The molecule has 0 radical (unpaired) electrons. The van der Waals surface area contributed by atoms with Gasteiger partial charge in [0, 0.05) is 24.8 Å². The highest BCUT2D eigenvalue weighted by Crippen LogP contribution is 2.34. The number of aromatic nitrogens is 2. The van der Waals surface area contributed by atoms with Crippen LogP contribution in [-0.4, -0.2) is 58.5 Å². The van der Waals surface area contributed by atoms with Gasteiger partial charge in [0.1, 0.15) is 12.1 Å². The first-order valence-corrected chi connectivity index (χ1v) is 12.6.